The molecule has 0 spiro atoms. The monoisotopic (exact) mass is 343 g/mol. The van der Waals surface area contributed by atoms with Crippen molar-refractivity contribution in [1.82, 2.24) is 14.9 Å². The van der Waals surface area contributed by atoms with E-state index in [-0.39, 0.29) is 5.91 Å². The van der Waals surface area contributed by atoms with Crippen LogP contribution in [0.5, 0.6) is 0 Å². The van der Waals surface area contributed by atoms with E-state index in [0.29, 0.717) is 13.1 Å². The SMILES string of the molecule is O=C(Cn1ccc2ccc(Br)cc21)NCc1ccccn1. The van der Waals surface area contributed by atoms with Gasteiger partial charge in [0.05, 0.1) is 12.2 Å². The van der Waals surface area contributed by atoms with Gasteiger partial charge in [-0.3, -0.25) is 9.78 Å². The molecular weight excluding hydrogens is 330 g/mol. The number of halogens is 1. The molecule has 1 amide bonds. The van der Waals surface area contributed by atoms with Crippen LogP contribution in [-0.4, -0.2) is 15.5 Å². The fourth-order valence-electron chi connectivity index (χ4n) is 2.20. The Balaban J connectivity index is 1.67. The van der Waals surface area contributed by atoms with Crippen LogP contribution in [0.25, 0.3) is 10.9 Å². The maximum Gasteiger partial charge on any atom is 0.240 e. The van der Waals surface area contributed by atoms with E-state index in [2.05, 4.69) is 26.2 Å². The number of amides is 1. The second kappa shape index (κ2) is 6.10. The van der Waals surface area contributed by atoms with E-state index >= 15 is 0 Å². The highest BCUT2D eigenvalue weighted by molar-refractivity contribution is 9.10. The minimum absolute atomic E-state index is 0.0295. The molecule has 0 aliphatic heterocycles. The van der Waals surface area contributed by atoms with Crippen LogP contribution in [0.15, 0.2) is 59.3 Å². The van der Waals surface area contributed by atoms with E-state index in [9.17, 15) is 4.79 Å². The second-order valence-corrected chi connectivity index (χ2v) is 5.66. The molecular formula is C16H14BrN3O. The lowest BCUT2D eigenvalue weighted by Crippen LogP contribution is -2.27. The molecule has 0 saturated carbocycles. The molecule has 0 saturated heterocycles. The molecule has 3 rings (SSSR count). The summed E-state index contributed by atoms with van der Waals surface area (Å²) in [5.41, 5.74) is 1.89. The highest BCUT2D eigenvalue weighted by Gasteiger charge is 2.06. The smallest absolute Gasteiger partial charge is 0.240 e. The van der Waals surface area contributed by atoms with Crippen molar-refractivity contribution >= 4 is 32.7 Å². The molecule has 4 nitrogen and oxygen atoms in total. The first-order chi connectivity index (χ1) is 10.2. The van der Waals surface area contributed by atoms with Gasteiger partial charge in [-0.05, 0) is 35.7 Å². The third-order valence-electron chi connectivity index (χ3n) is 3.24. The lowest BCUT2D eigenvalue weighted by molar-refractivity contribution is -0.121. The normalized spacial score (nSPS) is 10.7. The van der Waals surface area contributed by atoms with Gasteiger partial charge in [-0.1, -0.05) is 28.1 Å². The molecule has 3 aromatic rings. The minimum Gasteiger partial charge on any atom is -0.349 e. The molecule has 21 heavy (non-hydrogen) atoms. The van der Waals surface area contributed by atoms with Crippen LogP contribution in [0, 0.1) is 0 Å². The average molecular weight is 344 g/mol. The average Bonchev–Trinajstić information content (AvgIpc) is 2.88. The molecule has 0 aliphatic carbocycles. The zero-order chi connectivity index (χ0) is 14.7. The molecule has 0 aliphatic rings. The van der Waals surface area contributed by atoms with Crippen LogP contribution in [0.3, 0.4) is 0 Å². The van der Waals surface area contributed by atoms with Gasteiger partial charge in [0.25, 0.3) is 0 Å². The Kier molecular flexibility index (Phi) is 4.01. The Hall–Kier alpha value is -2.14. The molecule has 0 fully saturated rings. The van der Waals surface area contributed by atoms with E-state index in [1.807, 2.05) is 53.2 Å². The summed E-state index contributed by atoms with van der Waals surface area (Å²) in [5, 5.41) is 4.00. The van der Waals surface area contributed by atoms with Gasteiger partial charge in [0.15, 0.2) is 0 Å². The number of nitrogens with zero attached hydrogens (tertiary/aromatic N) is 2. The minimum atomic E-state index is -0.0295. The standard InChI is InChI=1S/C16H14BrN3O/c17-13-5-4-12-6-8-20(15(12)9-13)11-16(21)19-10-14-3-1-2-7-18-14/h1-9H,10-11H2,(H,19,21). The van der Waals surface area contributed by atoms with Crippen molar-refractivity contribution in [3.63, 3.8) is 0 Å². The van der Waals surface area contributed by atoms with Crippen molar-refractivity contribution < 1.29 is 4.79 Å². The summed E-state index contributed by atoms with van der Waals surface area (Å²) in [6.45, 7) is 0.745. The molecule has 106 valence electrons. The molecule has 2 aromatic heterocycles. The van der Waals surface area contributed by atoms with Gasteiger partial charge in [-0.15, -0.1) is 0 Å². The highest BCUT2D eigenvalue weighted by Crippen LogP contribution is 2.20. The second-order valence-electron chi connectivity index (χ2n) is 4.74. The van der Waals surface area contributed by atoms with Crippen molar-refractivity contribution in [2.45, 2.75) is 13.1 Å². The number of fused-ring (bicyclic) bond motifs is 1. The Bertz CT molecular complexity index is 768. The van der Waals surface area contributed by atoms with Gasteiger partial charge in [0.2, 0.25) is 5.91 Å². The van der Waals surface area contributed by atoms with Gasteiger partial charge < -0.3 is 9.88 Å². The zero-order valence-electron chi connectivity index (χ0n) is 11.3. The summed E-state index contributed by atoms with van der Waals surface area (Å²) in [6.07, 6.45) is 3.65. The van der Waals surface area contributed by atoms with Gasteiger partial charge in [-0.25, -0.2) is 0 Å². The lowest BCUT2D eigenvalue weighted by Gasteiger charge is -2.07. The van der Waals surface area contributed by atoms with E-state index in [4.69, 9.17) is 0 Å². The van der Waals surface area contributed by atoms with Crippen LogP contribution in [-0.2, 0) is 17.9 Å². The van der Waals surface area contributed by atoms with Crippen LogP contribution in [0.1, 0.15) is 5.69 Å². The number of nitrogens with one attached hydrogen (secondary N) is 1. The Morgan fingerprint density at radius 3 is 2.95 bits per heavy atom. The molecule has 1 aromatic carbocycles. The first kappa shape index (κ1) is 13.8. The third kappa shape index (κ3) is 3.31. The summed E-state index contributed by atoms with van der Waals surface area (Å²) < 4.78 is 2.94. The highest BCUT2D eigenvalue weighted by atomic mass is 79.9. The first-order valence-corrected chi connectivity index (χ1v) is 7.43. The molecule has 1 N–H and O–H groups in total. The third-order valence-corrected chi connectivity index (χ3v) is 3.74. The number of rotatable bonds is 4. The number of hydrogen-bond donors (Lipinski definition) is 1. The quantitative estimate of drug-likeness (QED) is 0.791. The summed E-state index contributed by atoms with van der Waals surface area (Å²) in [6, 6.07) is 13.7. The number of carbonyl (C=O) groups excluding carboxylic acids is 1. The topological polar surface area (TPSA) is 46.9 Å². The summed E-state index contributed by atoms with van der Waals surface area (Å²) in [5.74, 6) is -0.0295. The van der Waals surface area contributed by atoms with Crippen molar-refractivity contribution in [3.8, 4) is 0 Å². The lowest BCUT2D eigenvalue weighted by atomic mass is 10.2. The van der Waals surface area contributed by atoms with Crippen molar-refractivity contribution in [2.24, 2.45) is 0 Å². The number of hydrogen-bond acceptors (Lipinski definition) is 2. The Morgan fingerprint density at radius 1 is 1.24 bits per heavy atom. The van der Waals surface area contributed by atoms with E-state index in [1.54, 1.807) is 6.20 Å². The predicted octanol–water partition coefficient (Wildman–Crippen LogP) is 3.12. The fourth-order valence-corrected chi connectivity index (χ4v) is 2.55. The van der Waals surface area contributed by atoms with Gasteiger partial charge >= 0.3 is 0 Å². The number of benzene rings is 1. The predicted molar refractivity (Wildman–Crippen MR) is 85.7 cm³/mol. The number of aromatic nitrogens is 2. The maximum absolute atomic E-state index is 12.0. The van der Waals surface area contributed by atoms with Crippen LogP contribution >= 0.6 is 15.9 Å². The Morgan fingerprint density at radius 2 is 2.14 bits per heavy atom. The first-order valence-electron chi connectivity index (χ1n) is 6.63. The fraction of sp³-hybridized carbons (Fsp3) is 0.125. The Labute approximate surface area is 130 Å². The van der Waals surface area contributed by atoms with Crippen LogP contribution < -0.4 is 5.32 Å². The number of pyridine rings is 1. The molecule has 0 radical (unpaired) electrons. The summed E-state index contributed by atoms with van der Waals surface area (Å²) in [4.78, 5) is 16.2. The largest absolute Gasteiger partial charge is 0.349 e. The van der Waals surface area contributed by atoms with E-state index in [1.165, 1.54) is 0 Å². The molecule has 5 heteroatoms. The van der Waals surface area contributed by atoms with Crippen LogP contribution in [0.2, 0.25) is 0 Å². The van der Waals surface area contributed by atoms with Crippen molar-refractivity contribution in [1.29, 1.82) is 0 Å². The molecule has 0 atom stereocenters. The van der Waals surface area contributed by atoms with Gasteiger partial charge in [0, 0.05) is 22.4 Å². The molecule has 0 bridgehead atoms. The van der Waals surface area contributed by atoms with E-state index in [0.717, 1.165) is 21.1 Å². The van der Waals surface area contributed by atoms with Gasteiger partial charge in [-0.2, -0.15) is 0 Å². The van der Waals surface area contributed by atoms with Crippen LogP contribution in [0.4, 0.5) is 0 Å². The summed E-state index contributed by atoms with van der Waals surface area (Å²) in [7, 11) is 0. The van der Waals surface area contributed by atoms with Crippen molar-refractivity contribution in [3.05, 3.63) is 65.0 Å². The van der Waals surface area contributed by atoms with Gasteiger partial charge in [0.1, 0.15) is 6.54 Å². The van der Waals surface area contributed by atoms with Crippen molar-refractivity contribution in [2.75, 3.05) is 0 Å². The number of carbonyl (C=O) groups is 1. The van der Waals surface area contributed by atoms with E-state index < -0.39 is 0 Å². The molecule has 0 unspecified atom stereocenters. The maximum atomic E-state index is 12.0. The summed E-state index contributed by atoms with van der Waals surface area (Å²) >= 11 is 3.46. The zero-order valence-corrected chi connectivity index (χ0v) is 12.9. The molecule has 2 heterocycles.